The monoisotopic (exact) mass is 451 g/mol. The minimum Gasteiger partial charge on any atom is -0.496 e. The van der Waals surface area contributed by atoms with E-state index < -0.39 is 0 Å². The first-order valence-corrected chi connectivity index (χ1v) is 11.3. The van der Waals surface area contributed by atoms with E-state index in [9.17, 15) is 4.79 Å². The van der Waals surface area contributed by atoms with Crippen molar-refractivity contribution in [2.24, 2.45) is 0 Å². The number of nitrogens with two attached hydrogens (primary N) is 1. The van der Waals surface area contributed by atoms with Gasteiger partial charge in [0.1, 0.15) is 15.5 Å². The summed E-state index contributed by atoms with van der Waals surface area (Å²) in [6, 6.07) is 29.1. The van der Waals surface area contributed by atoms with E-state index in [0.717, 1.165) is 33.5 Å². The van der Waals surface area contributed by atoms with E-state index >= 15 is 0 Å². The van der Waals surface area contributed by atoms with Gasteiger partial charge in [0.05, 0.1) is 18.5 Å². The number of para-hydroxylation sites is 2. The third-order valence-electron chi connectivity index (χ3n) is 5.40. The summed E-state index contributed by atoms with van der Waals surface area (Å²) in [6.45, 7) is 0. The van der Waals surface area contributed by atoms with Crippen LogP contribution >= 0.6 is 11.3 Å². The fourth-order valence-electron chi connectivity index (χ4n) is 3.84. The van der Waals surface area contributed by atoms with E-state index in [1.807, 2.05) is 91.0 Å². The number of carbonyl (C=O) groups is 1. The van der Waals surface area contributed by atoms with Gasteiger partial charge >= 0.3 is 0 Å². The molecule has 0 aliphatic heterocycles. The summed E-state index contributed by atoms with van der Waals surface area (Å²) in [5, 5.41) is 3.68. The van der Waals surface area contributed by atoms with Crippen LogP contribution in [-0.4, -0.2) is 18.0 Å². The standard InChI is InChI=1S/C27H21N3O2S/c1-32-22-15-9-8-14-19(22)20-16-21(17-10-4-2-5-11-17)30-27-23(20)24(28)25(33-27)26(31)29-18-12-6-3-7-13-18/h2-16H,28H2,1H3,(H,29,31). The van der Waals surface area contributed by atoms with Gasteiger partial charge in [-0.2, -0.15) is 0 Å². The molecule has 0 atom stereocenters. The molecule has 5 aromatic rings. The number of nitrogens with one attached hydrogen (secondary N) is 1. The first-order chi connectivity index (χ1) is 16.2. The highest BCUT2D eigenvalue weighted by Crippen LogP contribution is 2.43. The second-order valence-corrected chi connectivity index (χ2v) is 8.47. The molecule has 0 unspecified atom stereocenters. The first-order valence-electron chi connectivity index (χ1n) is 10.4. The molecular weight excluding hydrogens is 430 g/mol. The molecule has 0 bridgehead atoms. The number of amides is 1. The van der Waals surface area contributed by atoms with Gasteiger partial charge in [-0.25, -0.2) is 4.98 Å². The van der Waals surface area contributed by atoms with Gasteiger partial charge in [-0.05, 0) is 29.8 Å². The number of anilines is 2. The fraction of sp³-hybridized carbons (Fsp3) is 0.0370. The summed E-state index contributed by atoms with van der Waals surface area (Å²) >= 11 is 1.29. The fourth-order valence-corrected chi connectivity index (χ4v) is 4.85. The molecule has 0 saturated heterocycles. The van der Waals surface area contributed by atoms with Gasteiger partial charge in [-0.1, -0.05) is 66.7 Å². The number of thiophene rings is 1. The molecule has 0 saturated carbocycles. The molecule has 5 rings (SSSR count). The van der Waals surface area contributed by atoms with Crippen LogP contribution in [0.1, 0.15) is 9.67 Å². The molecule has 0 spiro atoms. The molecule has 33 heavy (non-hydrogen) atoms. The van der Waals surface area contributed by atoms with Crippen LogP contribution in [0, 0.1) is 0 Å². The number of methoxy groups -OCH3 is 1. The molecule has 2 aromatic heterocycles. The molecular formula is C27H21N3O2S. The molecule has 162 valence electrons. The smallest absolute Gasteiger partial charge is 0.267 e. The molecule has 0 aliphatic rings. The molecule has 0 aliphatic carbocycles. The summed E-state index contributed by atoms with van der Waals surface area (Å²) < 4.78 is 5.63. The maximum absolute atomic E-state index is 13.1. The summed E-state index contributed by atoms with van der Waals surface area (Å²) in [7, 11) is 1.64. The van der Waals surface area contributed by atoms with Gasteiger partial charge in [-0.3, -0.25) is 4.79 Å². The van der Waals surface area contributed by atoms with Crippen LogP contribution in [0.4, 0.5) is 11.4 Å². The van der Waals surface area contributed by atoms with E-state index in [1.165, 1.54) is 11.3 Å². The number of rotatable bonds is 5. The van der Waals surface area contributed by atoms with Crippen molar-refractivity contribution in [3.63, 3.8) is 0 Å². The average molecular weight is 452 g/mol. The Hall–Kier alpha value is -4.16. The molecule has 6 heteroatoms. The lowest BCUT2D eigenvalue weighted by atomic mass is 9.98. The minimum absolute atomic E-state index is 0.256. The van der Waals surface area contributed by atoms with Gasteiger partial charge in [0.25, 0.3) is 5.91 Å². The topological polar surface area (TPSA) is 77.2 Å². The summed E-state index contributed by atoms with van der Waals surface area (Å²) in [5.74, 6) is 0.471. The number of carbonyl (C=O) groups excluding carboxylic acids is 1. The Morgan fingerprint density at radius 1 is 0.909 bits per heavy atom. The quantitative estimate of drug-likeness (QED) is 0.321. The van der Waals surface area contributed by atoms with Crippen LogP contribution in [0.2, 0.25) is 0 Å². The van der Waals surface area contributed by atoms with Gasteiger partial charge in [0, 0.05) is 22.2 Å². The average Bonchev–Trinajstić information content (AvgIpc) is 3.21. The zero-order chi connectivity index (χ0) is 22.8. The van der Waals surface area contributed by atoms with Crippen molar-refractivity contribution in [3.05, 3.63) is 95.9 Å². The van der Waals surface area contributed by atoms with Crippen molar-refractivity contribution in [2.75, 3.05) is 18.2 Å². The molecule has 0 radical (unpaired) electrons. The minimum atomic E-state index is -0.256. The number of pyridine rings is 1. The summed E-state index contributed by atoms with van der Waals surface area (Å²) in [6.07, 6.45) is 0. The first kappa shape index (κ1) is 20.7. The normalized spacial score (nSPS) is 10.8. The SMILES string of the molecule is COc1ccccc1-c1cc(-c2ccccc2)nc2sc(C(=O)Nc3ccccc3)c(N)c12. The zero-order valence-electron chi connectivity index (χ0n) is 17.9. The number of benzene rings is 3. The Morgan fingerprint density at radius 3 is 2.30 bits per heavy atom. The lowest BCUT2D eigenvalue weighted by Crippen LogP contribution is -2.11. The predicted molar refractivity (Wildman–Crippen MR) is 136 cm³/mol. The molecule has 0 fully saturated rings. The van der Waals surface area contributed by atoms with Crippen molar-refractivity contribution in [1.82, 2.24) is 4.98 Å². The van der Waals surface area contributed by atoms with Gasteiger partial charge in [0.2, 0.25) is 0 Å². The van der Waals surface area contributed by atoms with Crippen molar-refractivity contribution < 1.29 is 9.53 Å². The van der Waals surface area contributed by atoms with Crippen molar-refractivity contribution >= 4 is 38.8 Å². The number of ether oxygens (including phenoxy) is 1. The summed E-state index contributed by atoms with van der Waals surface area (Å²) in [5.41, 5.74) is 11.3. The second kappa shape index (κ2) is 8.76. The predicted octanol–water partition coefficient (Wildman–Crippen LogP) is 6.47. The summed E-state index contributed by atoms with van der Waals surface area (Å²) in [4.78, 5) is 19.1. The van der Waals surface area contributed by atoms with Crippen LogP contribution in [0.15, 0.2) is 91.0 Å². The van der Waals surface area contributed by atoms with Crippen molar-refractivity contribution in [2.45, 2.75) is 0 Å². The highest BCUT2D eigenvalue weighted by Gasteiger charge is 2.23. The van der Waals surface area contributed by atoms with Crippen LogP contribution in [0.5, 0.6) is 5.75 Å². The maximum atomic E-state index is 13.1. The number of hydrogen-bond donors (Lipinski definition) is 2. The largest absolute Gasteiger partial charge is 0.496 e. The number of hydrogen-bond acceptors (Lipinski definition) is 5. The van der Waals surface area contributed by atoms with E-state index in [2.05, 4.69) is 5.32 Å². The second-order valence-electron chi connectivity index (χ2n) is 7.47. The zero-order valence-corrected chi connectivity index (χ0v) is 18.7. The Labute approximate surface area is 195 Å². The molecule has 3 N–H and O–H groups in total. The molecule has 5 nitrogen and oxygen atoms in total. The van der Waals surface area contributed by atoms with Crippen LogP contribution in [-0.2, 0) is 0 Å². The van der Waals surface area contributed by atoms with E-state index in [1.54, 1.807) is 7.11 Å². The number of aromatic nitrogens is 1. The number of nitrogens with zero attached hydrogens (tertiary/aromatic N) is 1. The Kier molecular flexibility index (Phi) is 5.50. The molecule has 3 aromatic carbocycles. The van der Waals surface area contributed by atoms with E-state index in [-0.39, 0.29) is 5.91 Å². The third kappa shape index (κ3) is 3.92. The van der Waals surface area contributed by atoms with Crippen LogP contribution in [0.3, 0.4) is 0 Å². The molecule has 1 amide bonds. The highest BCUT2D eigenvalue weighted by atomic mass is 32.1. The maximum Gasteiger partial charge on any atom is 0.267 e. The van der Waals surface area contributed by atoms with Crippen molar-refractivity contribution in [1.29, 1.82) is 0 Å². The Bertz CT molecular complexity index is 1450. The Morgan fingerprint density at radius 2 is 1.58 bits per heavy atom. The lowest BCUT2D eigenvalue weighted by molar-refractivity contribution is 0.103. The number of fused-ring (bicyclic) bond motifs is 1. The van der Waals surface area contributed by atoms with Gasteiger partial charge < -0.3 is 15.8 Å². The van der Waals surface area contributed by atoms with Gasteiger partial charge in [-0.15, -0.1) is 11.3 Å². The van der Waals surface area contributed by atoms with E-state index in [0.29, 0.717) is 21.1 Å². The van der Waals surface area contributed by atoms with E-state index in [4.69, 9.17) is 15.5 Å². The van der Waals surface area contributed by atoms with Gasteiger partial charge in [0.15, 0.2) is 0 Å². The number of nitrogen functional groups attached to an aromatic ring is 1. The lowest BCUT2D eigenvalue weighted by Gasteiger charge is -2.12. The van der Waals surface area contributed by atoms with Crippen LogP contribution < -0.4 is 15.8 Å². The third-order valence-corrected chi connectivity index (χ3v) is 6.50. The van der Waals surface area contributed by atoms with Crippen molar-refractivity contribution in [3.8, 4) is 28.1 Å². The van der Waals surface area contributed by atoms with Crippen LogP contribution in [0.25, 0.3) is 32.6 Å². The Balaban J connectivity index is 1.72. The highest BCUT2D eigenvalue weighted by molar-refractivity contribution is 7.21. The molecule has 2 heterocycles.